The van der Waals surface area contributed by atoms with Crippen LogP contribution in [0.2, 0.25) is 0 Å². The zero-order chi connectivity index (χ0) is 13.6. The van der Waals surface area contributed by atoms with E-state index in [1.807, 2.05) is 0 Å². The van der Waals surface area contributed by atoms with Gasteiger partial charge in [0.15, 0.2) is 11.2 Å². The van der Waals surface area contributed by atoms with Crippen molar-refractivity contribution < 1.29 is 4.74 Å². The van der Waals surface area contributed by atoms with Gasteiger partial charge in [0.25, 0.3) is 5.56 Å². The number of hydrogen-bond acceptors (Lipinski definition) is 5. The molecule has 2 aromatic rings. The molecule has 0 spiro atoms. The van der Waals surface area contributed by atoms with E-state index in [1.54, 1.807) is 10.9 Å². The number of aromatic amines is 1. The van der Waals surface area contributed by atoms with E-state index in [9.17, 15) is 4.79 Å². The normalized spacial score (nSPS) is 27.2. The van der Waals surface area contributed by atoms with Crippen molar-refractivity contribution in [3.05, 3.63) is 16.7 Å². The highest BCUT2D eigenvalue weighted by atomic mass is 16.5. The summed E-state index contributed by atoms with van der Waals surface area (Å²) in [5, 5.41) is 0. The molecule has 0 aromatic carbocycles. The number of nitrogens with one attached hydrogen (secondary N) is 1. The van der Waals surface area contributed by atoms with Crippen LogP contribution in [0.1, 0.15) is 32.9 Å². The van der Waals surface area contributed by atoms with E-state index in [-0.39, 0.29) is 23.8 Å². The Hall–Kier alpha value is -1.89. The van der Waals surface area contributed by atoms with E-state index in [0.717, 1.165) is 12.8 Å². The molecule has 0 radical (unpaired) electrons. The molecule has 3 N–H and O–H groups in total. The summed E-state index contributed by atoms with van der Waals surface area (Å²) in [6, 6.07) is 0. The SMILES string of the molecule is CC[C@H]1O[C@@H](n2cnc3c(=O)[nH]c(N)nc32)C[C@@H]1C. The molecule has 1 fully saturated rings. The fourth-order valence-corrected chi connectivity index (χ4v) is 2.69. The van der Waals surface area contributed by atoms with Gasteiger partial charge in [0.1, 0.15) is 6.23 Å². The van der Waals surface area contributed by atoms with Crippen LogP contribution in [0.3, 0.4) is 0 Å². The summed E-state index contributed by atoms with van der Waals surface area (Å²) in [6.07, 6.45) is 3.57. The summed E-state index contributed by atoms with van der Waals surface area (Å²) in [4.78, 5) is 22.4. The third-order valence-corrected chi connectivity index (χ3v) is 3.70. The van der Waals surface area contributed by atoms with Gasteiger partial charge in [0.05, 0.1) is 12.4 Å². The molecule has 7 nitrogen and oxygen atoms in total. The van der Waals surface area contributed by atoms with Gasteiger partial charge in [-0.05, 0) is 18.8 Å². The average molecular weight is 263 g/mol. The fourth-order valence-electron chi connectivity index (χ4n) is 2.69. The first-order valence-electron chi connectivity index (χ1n) is 6.48. The largest absolute Gasteiger partial charge is 0.369 e. The topological polar surface area (TPSA) is 98.8 Å². The molecule has 0 unspecified atom stereocenters. The number of nitrogens with two attached hydrogens (primary N) is 1. The molecule has 0 bridgehead atoms. The highest BCUT2D eigenvalue weighted by Crippen LogP contribution is 2.35. The van der Waals surface area contributed by atoms with Crippen LogP contribution in [0.15, 0.2) is 11.1 Å². The zero-order valence-corrected chi connectivity index (χ0v) is 11.0. The standard InChI is InChI=1S/C12H17N5O2/c1-3-7-6(2)4-8(19-7)17-5-14-9-10(17)15-12(13)16-11(9)18/h5-8H,3-4H2,1-2H3,(H3,13,15,16,18)/t6-,7+,8+/m0/s1. The number of ether oxygens (including phenoxy) is 1. The van der Waals surface area contributed by atoms with Crippen LogP contribution in [0.4, 0.5) is 5.95 Å². The van der Waals surface area contributed by atoms with E-state index < -0.39 is 0 Å². The summed E-state index contributed by atoms with van der Waals surface area (Å²) >= 11 is 0. The Labute approximate surface area is 109 Å². The number of nitrogens with zero attached hydrogens (tertiary/aromatic N) is 3. The number of fused-ring (bicyclic) bond motifs is 1. The number of anilines is 1. The third kappa shape index (κ3) is 1.90. The first-order chi connectivity index (χ1) is 9.10. The van der Waals surface area contributed by atoms with Gasteiger partial charge in [-0.3, -0.25) is 14.3 Å². The number of aromatic nitrogens is 4. The van der Waals surface area contributed by atoms with Gasteiger partial charge < -0.3 is 10.5 Å². The second-order valence-corrected chi connectivity index (χ2v) is 5.03. The highest BCUT2D eigenvalue weighted by molar-refractivity contribution is 5.70. The van der Waals surface area contributed by atoms with Crippen LogP contribution >= 0.6 is 0 Å². The monoisotopic (exact) mass is 263 g/mol. The first kappa shape index (κ1) is 12.2. The minimum Gasteiger partial charge on any atom is -0.369 e. The third-order valence-electron chi connectivity index (χ3n) is 3.70. The van der Waals surface area contributed by atoms with Crippen molar-refractivity contribution in [3.8, 4) is 0 Å². The molecule has 0 aliphatic carbocycles. The molecule has 0 saturated carbocycles. The van der Waals surface area contributed by atoms with Crippen molar-refractivity contribution >= 4 is 17.1 Å². The maximum Gasteiger partial charge on any atom is 0.280 e. The summed E-state index contributed by atoms with van der Waals surface area (Å²) in [5.74, 6) is 0.573. The molecular formula is C12H17N5O2. The Bertz CT molecular complexity index is 662. The maximum atomic E-state index is 11.7. The van der Waals surface area contributed by atoms with Crippen LogP contribution < -0.4 is 11.3 Å². The first-order valence-corrected chi connectivity index (χ1v) is 6.48. The summed E-state index contributed by atoms with van der Waals surface area (Å²) in [7, 11) is 0. The van der Waals surface area contributed by atoms with Gasteiger partial charge in [-0.2, -0.15) is 4.98 Å². The molecule has 102 valence electrons. The van der Waals surface area contributed by atoms with Crippen LogP contribution in [-0.4, -0.2) is 25.6 Å². The van der Waals surface area contributed by atoms with Gasteiger partial charge in [0.2, 0.25) is 5.95 Å². The van der Waals surface area contributed by atoms with E-state index in [0.29, 0.717) is 17.1 Å². The minimum absolute atomic E-state index is 0.0948. The lowest BCUT2D eigenvalue weighted by molar-refractivity contribution is -0.00303. The van der Waals surface area contributed by atoms with Crippen LogP contribution in [-0.2, 0) is 4.74 Å². The molecule has 3 heterocycles. The molecule has 19 heavy (non-hydrogen) atoms. The fraction of sp³-hybridized carbons (Fsp3) is 0.583. The zero-order valence-electron chi connectivity index (χ0n) is 11.0. The van der Waals surface area contributed by atoms with E-state index >= 15 is 0 Å². The van der Waals surface area contributed by atoms with Crippen molar-refractivity contribution in [1.82, 2.24) is 19.5 Å². The summed E-state index contributed by atoms with van der Waals surface area (Å²) in [5.41, 5.74) is 6.04. The molecular weight excluding hydrogens is 246 g/mol. The number of imidazole rings is 1. The predicted molar refractivity (Wildman–Crippen MR) is 70.5 cm³/mol. The molecule has 1 saturated heterocycles. The van der Waals surface area contributed by atoms with Crippen LogP contribution in [0, 0.1) is 5.92 Å². The van der Waals surface area contributed by atoms with Crippen molar-refractivity contribution in [2.75, 3.05) is 5.73 Å². The second-order valence-electron chi connectivity index (χ2n) is 5.03. The van der Waals surface area contributed by atoms with Crippen molar-refractivity contribution in [3.63, 3.8) is 0 Å². The second kappa shape index (κ2) is 4.34. The van der Waals surface area contributed by atoms with Crippen LogP contribution in [0.5, 0.6) is 0 Å². The van der Waals surface area contributed by atoms with Crippen molar-refractivity contribution in [2.24, 2.45) is 5.92 Å². The Balaban J connectivity index is 2.05. The Morgan fingerprint density at radius 1 is 1.63 bits per heavy atom. The Kier molecular flexibility index (Phi) is 2.78. The Morgan fingerprint density at radius 2 is 2.42 bits per heavy atom. The molecule has 7 heteroatoms. The highest BCUT2D eigenvalue weighted by Gasteiger charge is 2.33. The number of rotatable bonds is 2. The predicted octanol–water partition coefficient (Wildman–Crippen LogP) is 1.04. The molecule has 1 aliphatic rings. The van der Waals surface area contributed by atoms with Crippen molar-refractivity contribution in [1.29, 1.82) is 0 Å². The molecule has 3 atom stereocenters. The molecule has 1 aliphatic heterocycles. The van der Waals surface area contributed by atoms with Gasteiger partial charge in [-0.15, -0.1) is 0 Å². The number of nitrogen functional groups attached to an aromatic ring is 1. The molecule has 0 amide bonds. The van der Waals surface area contributed by atoms with Gasteiger partial charge in [0, 0.05) is 0 Å². The Morgan fingerprint density at radius 3 is 3.11 bits per heavy atom. The number of hydrogen-bond donors (Lipinski definition) is 2. The minimum atomic E-state index is -0.320. The summed E-state index contributed by atoms with van der Waals surface area (Å²) < 4.78 is 7.78. The summed E-state index contributed by atoms with van der Waals surface area (Å²) in [6.45, 7) is 4.28. The van der Waals surface area contributed by atoms with Gasteiger partial charge >= 0.3 is 0 Å². The molecule has 3 rings (SSSR count). The van der Waals surface area contributed by atoms with E-state index in [2.05, 4.69) is 28.8 Å². The lowest BCUT2D eigenvalue weighted by atomic mass is 10.0. The number of H-pyrrole nitrogens is 1. The lowest BCUT2D eigenvalue weighted by Crippen LogP contribution is -2.15. The van der Waals surface area contributed by atoms with E-state index in [1.165, 1.54) is 0 Å². The van der Waals surface area contributed by atoms with Crippen molar-refractivity contribution in [2.45, 2.75) is 39.0 Å². The lowest BCUT2D eigenvalue weighted by Gasteiger charge is -2.14. The van der Waals surface area contributed by atoms with Crippen LogP contribution in [0.25, 0.3) is 11.2 Å². The maximum absolute atomic E-state index is 11.7. The smallest absolute Gasteiger partial charge is 0.280 e. The van der Waals surface area contributed by atoms with E-state index in [4.69, 9.17) is 10.5 Å². The van der Waals surface area contributed by atoms with Gasteiger partial charge in [-0.25, -0.2) is 4.98 Å². The average Bonchev–Trinajstić information content (AvgIpc) is 2.92. The quantitative estimate of drug-likeness (QED) is 0.843. The van der Waals surface area contributed by atoms with Gasteiger partial charge in [-0.1, -0.05) is 13.8 Å². The molecule has 2 aromatic heterocycles.